The summed E-state index contributed by atoms with van der Waals surface area (Å²) in [7, 11) is 0. The SMILES string of the molecule is O=C(C(=O)N1CCN(C(=O)C2CC(=O)N(c3ccccc3)C2)CC1)N1CCOCC1. The molecule has 3 saturated heterocycles. The number of para-hydroxylation sites is 1. The van der Waals surface area contributed by atoms with E-state index in [1.165, 1.54) is 9.80 Å². The van der Waals surface area contributed by atoms with Crippen molar-refractivity contribution in [3.63, 3.8) is 0 Å². The van der Waals surface area contributed by atoms with Gasteiger partial charge in [0.2, 0.25) is 11.8 Å². The number of nitrogens with zero attached hydrogens (tertiary/aromatic N) is 4. The van der Waals surface area contributed by atoms with Crippen LogP contribution in [0.5, 0.6) is 0 Å². The van der Waals surface area contributed by atoms with Gasteiger partial charge in [0.1, 0.15) is 0 Å². The fraction of sp³-hybridized carbons (Fsp3) is 0.524. The predicted molar refractivity (Wildman–Crippen MR) is 107 cm³/mol. The van der Waals surface area contributed by atoms with Crippen molar-refractivity contribution >= 4 is 29.3 Å². The maximum absolute atomic E-state index is 12.9. The van der Waals surface area contributed by atoms with Gasteiger partial charge < -0.3 is 24.3 Å². The molecule has 4 rings (SSSR count). The minimum atomic E-state index is -0.518. The Morgan fingerprint density at radius 1 is 0.800 bits per heavy atom. The highest BCUT2D eigenvalue weighted by molar-refractivity contribution is 6.34. The molecule has 1 unspecified atom stereocenters. The molecule has 1 atom stereocenters. The summed E-state index contributed by atoms with van der Waals surface area (Å²) in [6, 6.07) is 9.34. The Morgan fingerprint density at radius 3 is 2.00 bits per heavy atom. The fourth-order valence-corrected chi connectivity index (χ4v) is 4.16. The van der Waals surface area contributed by atoms with Gasteiger partial charge in [0.15, 0.2) is 0 Å². The number of ether oxygens (including phenoxy) is 1. The number of hydrogen-bond acceptors (Lipinski definition) is 5. The summed E-state index contributed by atoms with van der Waals surface area (Å²) >= 11 is 0. The van der Waals surface area contributed by atoms with Gasteiger partial charge in [-0.3, -0.25) is 19.2 Å². The quantitative estimate of drug-likeness (QED) is 0.613. The Labute approximate surface area is 175 Å². The molecular formula is C21H26N4O5. The lowest BCUT2D eigenvalue weighted by atomic mass is 10.1. The highest BCUT2D eigenvalue weighted by Gasteiger charge is 2.39. The third kappa shape index (κ3) is 4.16. The van der Waals surface area contributed by atoms with Crippen LogP contribution in [0.15, 0.2) is 30.3 Å². The average Bonchev–Trinajstić information content (AvgIpc) is 3.20. The maximum atomic E-state index is 12.9. The van der Waals surface area contributed by atoms with Gasteiger partial charge in [-0.2, -0.15) is 0 Å². The standard InChI is InChI=1S/C21H26N4O5/c26-18-14-16(15-25(18)17-4-2-1-3-5-17)19(27)22-6-8-23(9-7-22)20(28)21(29)24-10-12-30-13-11-24/h1-5,16H,6-15H2. The van der Waals surface area contributed by atoms with Crippen molar-refractivity contribution in [3.05, 3.63) is 30.3 Å². The fourth-order valence-electron chi connectivity index (χ4n) is 4.16. The molecule has 9 heteroatoms. The van der Waals surface area contributed by atoms with Crippen LogP contribution < -0.4 is 4.90 Å². The summed E-state index contributed by atoms with van der Waals surface area (Å²) in [5, 5.41) is 0. The minimum absolute atomic E-state index is 0.0514. The number of carbonyl (C=O) groups is 4. The summed E-state index contributed by atoms with van der Waals surface area (Å²) in [6.45, 7) is 3.51. The first-order chi connectivity index (χ1) is 14.5. The zero-order valence-electron chi connectivity index (χ0n) is 16.9. The molecule has 0 N–H and O–H groups in total. The van der Waals surface area contributed by atoms with E-state index in [-0.39, 0.29) is 24.2 Å². The lowest BCUT2D eigenvalue weighted by molar-refractivity contribution is -0.156. The topological polar surface area (TPSA) is 90.5 Å². The van der Waals surface area contributed by atoms with Gasteiger partial charge in [-0.15, -0.1) is 0 Å². The number of piperazine rings is 1. The molecule has 0 bridgehead atoms. The van der Waals surface area contributed by atoms with Crippen LogP contribution >= 0.6 is 0 Å². The Hall–Kier alpha value is -2.94. The molecule has 3 aliphatic heterocycles. The van der Waals surface area contributed by atoms with Crippen LogP contribution in [0.25, 0.3) is 0 Å². The lowest BCUT2D eigenvalue weighted by Gasteiger charge is -2.36. The van der Waals surface area contributed by atoms with Crippen LogP contribution in [0.4, 0.5) is 5.69 Å². The normalized spacial score (nSPS) is 22.4. The zero-order valence-corrected chi connectivity index (χ0v) is 16.9. The number of morpholine rings is 1. The van der Waals surface area contributed by atoms with Crippen LogP contribution in [-0.2, 0) is 23.9 Å². The van der Waals surface area contributed by atoms with Crippen molar-refractivity contribution in [1.82, 2.24) is 14.7 Å². The molecule has 160 valence electrons. The molecule has 0 spiro atoms. The van der Waals surface area contributed by atoms with E-state index in [9.17, 15) is 19.2 Å². The van der Waals surface area contributed by atoms with E-state index in [1.807, 2.05) is 30.3 Å². The Morgan fingerprint density at radius 2 is 1.37 bits per heavy atom. The summed E-state index contributed by atoms with van der Waals surface area (Å²) in [4.78, 5) is 56.6. The highest BCUT2D eigenvalue weighted by atomic mass is 16.5. The molecule has 3 aliphatic rings. The van der Waals surface area contributed by atoms with Crippen LogP contribution in [0.3, 0.4) is 0 Å². The minimum Gasteiger partial charge on any atom is -0.378 e. The van der Waals surface area contributed by atoms with Gasteiger partial charge in [-0.05, 0) is 12.1 Å². The van der Waals surface area contributed by atoms with Crippen molar-refractivity contribution in [1.29, 1.82) is 0 Å². The Balaban J connectivity index is 1.30. The van der Waals surface area contributed by atoms with Crippen molar-refractivity contribution in [3.8, 4) is 0 Å². The number of anilines is 1. The van der Waals surface area contributed by atoms with E-state index >= 15 is 0 Å². The lowest BCUT2D eigenvalue weighted by Crippen LogP contribution is -2.56. The Kier molecular flexibility index (Phi) is 5.98. The third-order valence-electron chi connectivity index (χ3n) is 5.90. The Bertz CT molecular complexity index is 816. The smallest absolute Gasteiger partial charge is 0.312 e. The molecule has 1 aromatic rings. The van der Waals surface area contributed by atoms with Gasteiger partial charge in [0, 0.05) is 57.9 Å². The number of amides is 4. The zero-order chi connectivity index (χ0) is 21.1. The number of rotatable bonds is 2. The molecule has 1 aromatic carbocycles. The van der Waals surface area contributed by atoms with E-state index < -0.39 is 11.8 Å². The largest absolute Gasteiger partial charge is 0.378 e. The molecule has 4 amide bonds. The van der Waals surface area contributed by atoms with Crippen LogP contribution in [0, 0.1) is 5.92 Å². The number of carbonyl (C=O) groups excluding carboxylic acids is 4. The van der Waals surface area contributed by atoms with Gasteiger partial charge in [-0.1, -0.05) is 18.2 Å². The average molecular weight is 414 g/mol. The highest BCUT2D eigenvalue weighted by Crippen LogP contribution is 2.26. The second-order valence-corrected chi connectivity index (χ2v) is 7.76. The summed E-state index contributed by atoms with van der Waals surface area (Å²) in [6.07, 6.45) is 0.197. The monoisotopic (exact) mass is 414 g/mol. The van der Waals surface area contributed by atoms with E-state index in [4.69, 9.17) is 4.74 Å². The predicted octanol–water partition coefficient (Wildman–Crippen LogP) is -0.431. The van der Waals surface area contributed by atoms with E-state index in [0.29, 0.717) is 59.0 Å². The summed E-state index contributed by atoms with van der Waals surface area (Å²) < 4.78 is 5.22. The first kappa shape index (κ1) is 20.3. The van der Waals surface area contributed by atoms with E-state index in [1.54, 1.807) is 9.80 Å². The molecule has 3 heterocycles. The molecular weight excluding hydrogens is 388 g/mol. The van der Waals surface area contributed by atoms with Gasteiger partial charge >= 0.3 is 11.8 Å². The second kappa shape index (κ2) is 8.83. The molecule has 3 fully saturated rings. The van der Waals surface area contributed by atoms with Gasteiger partial charge in [0.05, 0.1) is 19.1 Å². The molecule has 0 aromatic heterocycles. The van der Waals surface area contributed by atoms with Crippen molar-refractivity contribution in [2.45, 2.75) is 6.42 Å². The molecule has 0 aliphatic carbocycles. The van der Waals surface area contributed by atoms with Gasteiger partial charge in [0.25, 0.3) is 0 Å². The first-order valence-electron chi connectivity index (χ1n) is 10.3. The number of hydrogen-bond donors (Lipinski definition) is 0. The van der Waals surface area contributed by atoms with Crippen LogP contribution in [0.2, 0.25) is 0 Å². The third-order valence-corrected chi connectivity index (χ3v) is 5.90. The summed E-state index contributed by atoms with van der Waals surface area (Å²) in [5.41, 5.74) is 0.801. The van der Waals surface area contributed by atoms with Gasteiger partial charge in [-0.25, -0.2) is 0 Å². The van der Waals surface area contributed by atoms with Crippen LogP contribution in [0.1, 0.15) is 6.42 Å². The van der Waals surface area contributed by atoms with Crippen LogP contribution in [-0.4, -0.2) is 97.4 Å². The van der Waals surface area contributed by atoms with Crippen molar-refractivity contribution in [2.75, 3.05) is 63.9 Å². The molecule has 0 radical (unpaired) electrons. The molecule has 30 heavy (non-hydrogen) atoms. The maximum Gasteiger partial charge on any atom is 0.312 e. The molecule has 0 saturated carbocycles. The molecule has 9 nitrogen and oxygen atoms in total. The second-order valence-electron chi connectivity index (χ2n) is 7.76. The first-order valence-corrected chi connectivity index (χ1v) is 10.3. The van der Waals surface area contributed by atoms with E-state index in [2.05, 4.69) is 0 Å². The van der Waals surface area contributed by atoms with Crippen molar-refractivity contribution in [2.24, 2.45) is 5.92 Å². The van der Waals surface area contributed by atoms with E-state index in [0.717, 1.165) is 5.69 Å². The number of benzene rings is 1. The summed E-state index contributed by atoms with van der Waals surface area (Å²) in [5.74, 6) is -1.51. The van der Waals surface area contributed by atoms with Crippen molar-refractivity contribution < 1.29 is 23.9 Å².